The topological polar surface area (TPSA) is 66.4 Å². The zero-order valence-electron chi connectivity index (χ0n) is 9.86. The van der Waals surface area contributed by atoms with Crippen LogP contribution in [-0.4, -0.2) is 44.2 Å². The van der Waals surface area contributed by atoms with Gasteiger partial charge in [-0.25, -0.2) is 8.42 Å². The van der Waals surface area contributed by atoms with E-state index in [0.717, 1.165) is 6.54 Å². The maximum atomic E-state index is 11.2. The first-order chi connectivity index (χ1) is 6.87. The average molecular weight is 237 g/mol. The second kappa shape index (κ2) is 7.19. The number of nitrogens with one attached hydrogen (secondary N) is 1. The van der Waals surface area contributed by atoms with Gasteiger partial charge in [0.05, 0.1) is 11.9 Å². The molecule has 5 heteroatoms. The van der Waals surface area contributed by atoms with E-state index in [0.29, 0.717) is 18.9 Å². The first-order valence-corrected chi connectivity index (χ1v) is 7.28. The van der Waals surface area contributed by atoms with E-state index in [1.165, 1.54) is 0 Å². The van der Waals surface area contributed by atoms with E-state index in [1.54, 1.807) is 6.92 Å². The van der Waals surface area contributed by atoms with Crippen LogP contribution in [0.3, 0.4) is 0 Å². The minimum atomic E-state index is -2.94. The van der Waals surface area contributed by atoms with E-state index in [1.807, 2.05) is 0 Å². The van der Waals surface area contributed by atoms with Crippen molar-refractivity contribution in [2.24, 2.45) is 5.92 Å². The predicted octanol–water partition coefficient (Wildman–Crippen LogP) is 0.418. The molecule has 0 radical (unpaired) electrons. The second-order valence-electron chi connectivity index (χ2n) is 4.23. The summed E-state index contributed by atoms with van der Waals surface area (Å²) in [7, 11) is -2.94. The summed E-state index contributed by atoms with van der Waals surface area (Å²) in [5.41, 5.74) is 0. The summed E-state index contributed by atoms with van der Waals surface area (Å²) in [6.07, 6.45) is -0.244. The van der Waals surface area contributed by atoms with Crippen LogP contribution >= 0.6 is 0 Å². The van der Waals surface area contributed by atoms with Gasteiger partial charge in [-0.15, -0.1) is 0 Å². The van der Waals surface area contributed by atoms with Crippen LogP contribution in [0.1, 0.15) is 27.2 Å². The molecule has 15 heavy (non-hydrogen) atoms. The molecule has 0 amide bonds. The molecule has 0 spiro atoms. The Morgan fingerprint density at radius 3 is 2.33 bits per heavy atom. The Morgan fingerprint density at radius 2 is 1.87 bits per heavy atom. The van der Waals surface area contributed by atoms with Gasteiger partial charge in [-0.2, -0.15) is 0 Å². The van der Waals surface area contributed by atoms with Crippen molar-refractivity contribution in [1.82, 2.24) is 5.32 Å². The molecule has 4 nitrogen and oxygen atoms in total. The van der Waals surface area contributed by atoms with Crippen LogP contribution in [0, 0.1) is 5.92 Å². The van der Waals surface area contributed by atoms with E-state index in [2.05, 4.69) is 19.2 Å². The zero-order chi connectivity index (χ0) is 11.9. The van der Waals surface area contributed by atoms with Gasteiger partial charge in [0, 0.05) is 12.3 Å². The van der Waals surface area contributed by atoms with Gasteiger partial charge in [0.2, 0.25) is 0 Å². The predicted molar refractivity (Wildman–Crippen MR) is 62.7 cm³/mol. The van der Waals surface area contributed by atoms with Crippen LogP contribution < -0.4 is 5.32 Å². The van der Waals surface area contributed by atoms with Gasteiger partial charge in [-0.3, -0.25) is 0 Å². The first-order valence-electron chi connectivity index (χ1n) is 5.46. The summed E-state index contributed by atoms with van der Waals surface area (Å²) in [4.78, 5) is 0. The minimum Gasteiger partial charge on any atom is -0.392 e. The second-order valence-corrected chi connectivity index (χ2v) is 6.70. The first kappa shape index (κ1) is 14.9. The number of aliphatic hydroxyl groups is 1. The minimum absolute atomic E-state index is 0.0774. The number of sulfone groups is 1. The molecule has 0 saturated carbocycles. The van der Waals surface area contributed by atoms with Crippen molar-refractivity contribution in [1.29, 1.82) is 0 Å². The highest BCUT2D eigenvalue weighted by Crippen LogP contribution is 1.98. The van der Waals surface area contributed by atoms with Gasteiger partial charge in [0.1, 0.15) is 9.84 Å². The van der Waals surface area contributed by atoms with Crippen molar-refractivity contribution in [3.8, 4) is 0 Å². The molecular weight excluding hydrogens is 214 g/mol. The molecule has 0 aliphatic rings. The summed E-state index contributed by atoms with van der Waals surface area (Å²) in [5, 5.41) is 12.6. The molecule has 0 rings (SSSR count). The van der Waals surface area contributed by atoms with Gasteiger partial charge < -0.3 is 10.4 Å². The molecular formula is C10H23NO3S. The Balaban J connectivity index is 3.62. The maximum Gasteiger partial charge on any atom is 0.150 e. The van der Waals surface area contributed by atoms with Crippen molar-refractivity contribution < 1.29 is 13.5 Å². The highest BCUT2D eigenvalue weighted by atomic mass is 32.2. The quantitative estimate of drug-likeness (QED) is 0.642. The SMILES string of the molecule is CCS(=O)(=O)CCC(O)CNCC(C)C. The van der Waals surface area contributed by atoms with E-state index in [9.17, 15) is 13.5 Å². The fourth-order valence-corrected chi connectivity index (χ4v) is 2.02. The molecule has 0 aliphatic heterocycles. The lowest BCUT2D eigenvalue weighted by atomic mass is 10.2. The van der Waals surface area contributed by atoms with Crippen molar-refractivity contribution in [3.05, 3.63) is 0 Å². The highest BCUT2D eigenvalue weighted by molar-refractivity contribution is 7.91. The Morgan fingerprint density at radius 1 is 1.27 bits per heavy atom. The van der Waals surface area contributed by atoms with Crippen LogP contribution in [-0.2, 0) is 9.84 Å². The summed E-state index contributed by atoms with van der Waals surface area (Å²) in [6, 6.07) is 0. The number of hydrogen-bond donors (Lipinski definition) is 2. The smallest absolute Gasteiger partial charge is 0.150 e. The Hall–Kier alpha value is -0.130. The van der Waals surface area contributed by atoms with E-state index >= 15 is 0 Å². The van der Waals surface area contributed by atoms with Gasteiger partial charge in [0.15, 0.2) is 0 Å². The lowest BCUT2D eigenvalue weighted by molar-refractivity contribution is 0.167. The summed E-state index contributed by atoms with van der Waals surface area (Å²) >= 11 is 0. The van der Waals surface area contributed by atoms with Crippen molar-refractivity contribution >= 4 is 9.84 Å². The summed E-state index contributed by atoms with van der Waals surface area (Å²) in [6.45, 7) is 7.11. The lowest BCUT2D eigenvalue weighted by Crippen LogP contribution is -2.31. The zero-order valence-corrected chi connectivity index (χ0v) is 10.7. The summed E-state index contributed by atoms with van der Waals surface area (Å²) < 4.78 is 22.3. The van der Waals surface area contributed by atoms with Gasteiger partial charge in [0.25, 0.3) is 0 Å². The fourth-order valence-electron chi connectivity index (χ4n) is 1.10. The van der Waals surface area contributed by atoms with Crippen molar-refractivity contribution in [2.45, 2.75) is 33.3 Å². The monoisotopic (exact) mass is 237 g/mol. The number of hydrogen-bond acceptors (Lipinski definition) is 4. The molecule has 0 aromatic rings. The molecule has 0 aromatic carbocycles. The van der Waals surface area contributed by atoms with E-state index in [4.69, 9.17) is 0 Å². The maximum absolute atomic E-state index is 11.2. The van der Waals surface area contributed by atoms with Gasteiger partial charge in [-0.05, 0) is 18.9 Å². The Labute approximate surface area is 93.0 Å². The third kappa shape index (κ3) is 8.84. The molecule has 2 N–H and O–H groups in total. The van der Waals surface area contributed by atoms with E-state index in [-0.39, 0.29) is 11.5 Å². The van der Waals surface area contributed by atoms with Crippen molar-refractivity contribution in [3.63, 3.8) is 0 Å². The largest absolute Gasteiger partial charge is 0.392 e. The molecule has 1 atom stereocenters. The molecule has 0 heterocycles. The van der Waals surface area contributed by atoms with Crippen LogP contribution in [0.2, 0.25) is 0 Å². The van der Waals surface area contributed by atoms with Gasteiger partial charge in [-0.1, -0.05) is 20.8 Å². The van der Waals surface area contributed by atoms with Crippen LogP contribution in [0.25, 0.3) is 0 Å². The van der Waals surface area contributed by atoms with E-state index < -0.39 is 15.9 Å². The molecule has 0 bridgehead atoms. The molecule has 0 saturated heterocycles. The number of aliphatic hydroxyl groups excluding tert-OH is 1. The summed E-state index contributed by atoms with van der Waals surface area (Å²) in [5.74, 6) is 0.768. The Kier molecular flexibility index (Phi) is 7.13. The van der Waals surface area contributed by atoms with Crippen LogP contribution in [0.15, 0.2) is 0 Å². The third-order valence-corrected chi connectivity index (χ3v) is 3.87. The molecule has 1 unspecified atom stereocenters. The van der Waals surface area contributed by atoms with Crippen molar-refractivity contribution in [2.75, 3.05) is 24.6 Å². The third-order valence-electron chi connectivity index (χ3n) is 2.13. The fraction of sp³-hybridized carbons (Fsp3) is 1.00. The Bertz CT molecular complexity index is 249. The average Bonchev–Trinajstić information content (AvgIpc) is 2.14. The molecule has 92 valence electrons. The van der Waals surface area contributed by atoms with Crippen LogP contribution in [0.4, 0.5) is 0 Å². The number of rotatable bonds is 8. The highest BCUT2D eigenvalue weighted by Gasteiger charge is 2.11. The lowest BCUT2D eigenvalue weighted by Gasteiger charge is -2.12. The molecule has 0 aliphatic carbocycles. The van der Waals surface area contributed by atoms with Crippen LogP contribution in [0.5, 0.6) is 0 Å². The molecule has 0 aromatic heterocycles. The normalized spacial score (nSPS) is 14.5. The van der Waals surface area contributed by atoms with Gasteiger partial charge >= 0.3 is 0 Å². The molecule has 0 fully saturated rings. The standard InChI is InChI=1S/C10H23NO3S/c1-4-15(13,14)6-5-10(12)8-11-7-9(2)3/h9-12H,4-8H2,1-3H3.